The first-order chi connectivity index (χ1) is 6.25. The SMILES string of the molecule is Cc1cc(Cl)c(O)c(S(=O)(=O)Cl)c1F. The number of rotatable bonds is 1. The second-order valence-electron chi connectivity index (χ2n) is 2.60. The van der Waals surface area contributed by atoms with Gasteiger partial charge in [0.2, 0.25) is 0 Å². The molecule has 0 bridgehead atoms. The van der Waals surface area contributed by atoms with E-state index in [1.54, 1.807) is 0 Å². The van der Waals surface area contributed by atoms with Gasteiger partial charge in [-0.1, -0.05) is 11.6 Å². The van der Waals surface area contributed by atoms with Gasteiger partial charge in [-0.2, -0.15) is 0 Å². The maximum absolute atomic E-state index is 13.3. The molecule has 14 heavy (non-hydrogen) atoms. The van der Waals surface area contributed by atoms with Crippen LogP contribution in [0, 0.1) is 12.7 Å². The zero-order chi connectivity index (χ0) is 11.1. The summed E-state index contributed by atoms with van der Waals surface area (Å²) >= 11 is 5.46. The summed E-state index contributed by atoms with van der Waals surface area (Å²) in [6, 6.07) is 1.11. The Morgan fingerprint density at radius 3 is 2.43 bits per heavy atom. The van der Waals surface area contributed by atoms with Crippen molar-refractivity contribution in [1.29, 1.82) is 0 Å². The maximum Gasteiger partial charge on any atom is 0.267 e. The molecule has 0 saturated heterocycles. The average molecular weight is 259 g/mol. The van der Waals surface area contributed by atoms with Gasteiger partial charge in [0.1, 0.15) is 5.82 Å². The Labute approximate surface area is 89.5 Å². The van der Waals surface area contributed by atoms with Crippen molar-refractivity contribution in [2.24, 2.45) is 0 Å². The topological polar surface area (TPSA) is 54.4 Å². The molecule has 0 amide bonds. The molecule has 1 rings (SSSR count). The quantitative estimate of drug-likeness (QED) is 0.788. The third kappa shape index (κ3) is 1.94. The van der Waals surface area contributed by atoms with E-state index in [1.807, 2.05) is 0 Å². The standard InChI is InChI=1S/C7H5Cl2FO3S/c1-3-2-4(8)6(11)7(5(3)10)14(9,12)13/h2,11H,1H3. The fourth-order valence-corrected chi connectivity index (χ4v) is 2.39. The molecule has 78 valence electrons. The fraction of sp³-hybridized carbons (Fsp3) is 0.143. The van der Waals surface area contributed by atoms with Crippen LogP contribution in [0.1, 0.15) is 5.56 Å². The van der Waals surface area contributed by atoms with E-state index in [4.69, 9.17) is 22.3 Å². The lowest BCUT2D eigenvalue weighted by Gasteiger charge is -2.06. The molecule has 0 spiro atoms. The van der Waals surface area contributed by atoms with E-state index in [2.05, 4.69) is 0 Å². The van der Waals surface area contributed by atoms with E-state index in [0.717, 1.165) is 6.07 Å². The van der Waals surface area contributed by atoms with Crippen molar-refractivity contribution >= 4 is 31.3 Å². The normalized spacial score (nSPS) is 11.7. The Morgan fingerprint density at radius 1 is 1.50 bits per heavy atom. The summed E-state index contributed by atoms with van der Waals surface area (Å²) in [5, 5.41) is 8.94. The molecule has 0 heterocycles. The molecule has 3 nitrogen and oxygen atoms in total. The predicted octanol–water partition coefficient (Wildman–Crippen LogP) is 2.42. The molecule has 1 aromatic rings. The molecule has 0 aliphatic rings. The molecular formula is C7H5Cl2FO3S. The third-order valence-corrected chi connectivity index (χ3v) is 3.19. The van der Waals surface area contributed by atoms with Crippen molar-refractivity contribution in [2.45, 2.75) is 11.8 Å². The first kappa shape index (κ1) is 11.6. The second-order valence-corrected chi connectivity index (χ2v) is 5.51. The van der Waals surface area contributed by atoms with E-state index in [-0.39, 0.29) is 10.6 Å². The van der Waals surface area contributed by atoms with Gasteiger partial charge in [0.25, 0.3) is 9.05 Å². The van der Waals surface area contributed by atoms with Crippen LogP contribution in [0.3, 0.4) is 0 Å². The largest absolute Gasteiger partial charge is 0.505 e. The van der Waals surface area contributed by atoms with E-state index in [1.165, 1.54) is 6.92 Å². The number of aromatic hydroxyl groups is 1. The monoisotopic (exact) mass is 258 g/mol. The molecule has 0 radical (unpaired) electrons. The molecule has 0 unspecified atom stereocenters. The number of aryl methyl sites for hydroxylation is 1. The third-order valence-electron chi connectivity index (χ3n) is 1.57. The predicted molar refractivity (Wildman–Crippen MR) is 50.9 cm³/mol. The van der Waals surface area contributed by atoms with Gasteiger partial charge in [0, 0.05) is 10.7 Å². The highest BCUT2D eigenvalue weighted by molar-refractivity contribution is 8.13. The van der Waals surface area contributed by atoms with Crippen molar-refractivity contribution in [3.63, 3.8) is 0 Å². The highest BCUT2D eigenvalue weighted by atomic mass is 35.7. The van der Waals surface area contributed by atoms with Crippen LogP contribution < -0.4 is 0 Å². The number of halogens is 3. The molecular weight excluding hydrogens is 254 g/mol. The van der Waals surface area contributed by atoms with E-state index in [0.29, 0.717) is 0 Å². The van der Waals surface area contributed by atoms with Gasteiger partial charge >= 0.3 is 0 Å². The van der Waals surface area contributed by atoms with Gasteiger partial charge in [-0.25, -0.2) is 12.8 Å². The van der Waals surface area contributed by atoms with Crippen LogP contribution in [0.4, 0.5) is 4.39 Å². The summed E-state index contributed by atoms with van der Waals surface area (Å²) in [4.78, 5) is -0.982. The minimum Gasteiger partial charge on any atom is -0.505 e. The van der Waals surface area contributed by atoms with Crippen LogP contribution in [0.2, 0.25) is 5.02 Å². The molecule has 0 aliphatic carbocycles. The Balaban J connectivity index is 3.74. The summed E-state index contributed by atoms with van der Waals surface area (Å²) in [7, 11) is 0.580. The summed E-state index contributed by atoms with van der Waals surface area (Å²) < 4.78 is 35.0. The highest BCUT2D eigenvalue weighted by Crippen LogP contribution is 2.36. The van der Waals surface area contributed by atoms with Gasteiger partial charge < -0.3 is 5.11 Å². The minimum atomic E-state index is -4.35. The molecule has 1 N–H and O–H groups in total. The number of hydrogen-bond donors (Lipinski definition) is 1. The maximum atomic E-state index is 13.3. The van der Waals surface area contributed by atoms with Crippen molar-refractivity contribution < 1.29 is 17.9 Å². The summed E-state index contributed by atoms with van der Waals surface area (Å²) in [5.41, 5.74) is -0.00738. The molecule has 7 heteroatoms. The summed E-state index contributed by atoms with van der Waals surface area (Å²) in [5.74, 6) is -1.97. The number of benzene rings is 1. The van der Waals surface area contributed by atoms with E-state index < -0.39 is 25.5 Å². The lowest BCUT2D eigenvalue weighted by Crippen LogP contribution is -1.99. The van der Waals surface area contributed by atoms with Gasteiger partial charge in [-0.3, -0.25) is 0 Å². The van der Waals surface area contributed by atoms with Crippen LogP contribution in [-0.2, 0) is 9.05 Å². The second kappa shape index (κ2) is 3.56. The minimum absolute atomic E-state index is 0.00738. The lowest BCUT2D eigenvalue weighted by molar-refractivity contribution is 0.444. The zero-order valence-electron chi connectivity index (χ0n) is 6.88. The molecule has 0 fully saturated rings. The van der Waals surface area contributed by atoms with Crippen LogP contribution in [0.15, 0.2) is 11.0 Å². The zero-order valence-corrected chi connectivity index (χ0v) is 9.21. The Morgan fingerprint density at radius 2 is 2.00 bits per heavy atom. The highest BCUT2D eigenvalue weighted by Gasteiger charge is 2.25. The number of hydrogen-bond acceptors (Lipinski definition) is 3. The fourth-order valence-electron chi connectivity index (χ4n) is 0.936. The Hall–Kier alpha value is -0.520. The van der Waals surface area contributed by atoms with Gasteiger partial charge in [-0.15, -0.1) is 0 Å². The molecule has 0 aromatic heterocycles. The first-order valence-electron chi connectivity index (χ1n) is 3.37. The summed E-state index contributed by atoms with van der Waals surface area (Å²) in [6.07, 6.45) is 0. The van der Waals surface area contributed by atoms with Crippen LogP contribution in [0.25, 0.3) is 0 Å². The first-order valence-corrected chi connectivity index (χ1v) is 6.06. The van der Waals surface area contributed by atoms with Crippen LogP contribution >= 0.6 is 22.3 Å². The molecule has 0 atom stereocenters. The Kier molecular flexibility index (Phi) is 2.94. The Bertz CT molecular complexity index is 458. The smallest absolute Gasteiger partial charge is 0.267 e. The van der Waals surface area contributed by atoms with Crippen LogP contribution in [-0.4, -0.2) is 13.5 Å². The molecule has 1 aromatic carbocycles. The molecule has 0 aliphatic heterocycles. The van der Waals surface area contributed by atoms with Gasteiger partial charge in [-0.05, 0) is 18.6 Å². The lowest BCUT2D eigenvalue weighted by atomic mass is 10.2. The summed E-state index contributed by atoms with van der Waals surface area (Å²) in [6.45, 7) is 1.31. The van der Waals surface area contributed by atoms with Gasteiger partial charge in [0.05, 0.1) is 5.02 Å². The van der Waals surface area contributed by atoms with Crippen molar-refractivity contribution in [3.05, 3.63) is 22.5 Å². The van der Waals surface area contributed by atoms with Crippen LogP contribution in [0.5, 0.6) is 5.75 Å². The van der Waals surface area contributed by atoms with Gasteiger partial charge in [0.15, 0.2) is 10.6 Å². The van der Waals surface area contributed by atoms with Crippen molar-refractivity contribution in [2.75, 3.05) is 0 Å². The average Bonchev–Trinajstić information content (AvgIpc) is 1.98. The molecule has 0 saturated carbocycles. The van der Waals surface area contributed by atoms with Crippen molar-refractivity contribution in [3.8, 4) is 5.75 Å². The number of phenols is 1. The van der Waals surface area contributed by atoms with E-state index in [9.17, 15) is 17.9 Å². The van der Waals surface area contributed by atoms with Crippen molar-refractivity contribution in [1.82, 2.24) is 0 Å². The van der Waals surface area contributed by atoms with E-state index >= 15 is 0 Å². The number of phenolic OH excluding ortho intramolecular Hbond substituents is 1.